The van der Waals surface area contributed by atoms with Crippen LogP contribution in [0.3, 0.4) is 0 Å². The van der Waals surface area contributed by atoms with Crippen molar-refractivity contribution in [3.63, 3.8) is 0 Å². The molecular weight excluding hydrogens is 222 g/mol. The van der Waals surface area contributed by atoms with E-state index in [2.05, 4.69) is 30.3 Å². The summed E-state index contributed by atoms with van der Waals surface area (Å²) in [5.41, 5.74) is 7.77. The van der Waals surface area contributed by atoms with E-state index in [1.165, 1.54) is 31.2 Å². The highest BCUT2D eigenvalue weighted by Gasteiger charge is 2.42. The molecule has 0 aromatic heterocycles. The van der Waals surface area contributed by atoms with Gasteiger partial charge in [0.15, 0.2) is 0 Å². The number of aryl methyl sites for hydroxylation is 1. The minimum absolute atomic E-state index is 0.337. The Hall–Kier alpha value is -0.860. The zero-order valence-electron chi connectivity index (χ0n) is 10.9. The van der Waals surface area contributed by atoms with Crippen LogP contribution in [0.2, 0.25) is 0 Å². The molecule has 0 amide bonds. The molecule has 2 heteroatoms. The molecule has 1 aromatic rings. The molecule has 2 bridgehead atoms. The highest BCUT2D eigenvalue weighted by atomic mass is 16.5. The zero-order valence-corrected chi connectivity index (χ0v) is 10.9. The number of nitrogens with two attached hydrogens (primary N) is 1. The van der Waals surface area contributed by atoms with Crippen molar-refractivity contribution in [2.75, 3.05) is 0 Å². The van der Waals surface area contributed by atoms with Crippen LogP contribution < -0.4 is 5.73 Å². The second kappa shape index (κ2) is 5.41. The lowest BCUT2D eigenvalue weighted by Crippen LogP contribution is -2.36. The highest BCUT2D eigenvalue weighted by Crippen LogP contribution is 2.40. The molecule has 2 saturated heterocycles. The quantitative estimate of drug-likeness (QED) is 0.865. The van der Waals surface area contributed by atoms with Crippen LogP contribution >= 0.6 is 0 Å². The Bertz CT molecular complexity index is 378. The minimum atomic E-state index is 0.337. The molecule has 2 heterocycles. The first-order valence-corrected chi connectivity index (χ1v) is 7.28. The minimum Gasteiger partial charge on any atom is -0.375 e. The molecule has 18 heavy (non-hydrogen) atoms. The summed E-state index contributed by atoms with van der Waals surface area (Å²) in [6.07, 6.45) is 8.18. The lowest BCUT2D eigenvalue weighted by Gasteiger charge is -2.25. The van der Waals surface area contributed by atoms with Gasteiger partial charge in [0.25, 0.3) is 0 Å². The third-order valence-electron chi connectivity index (χ3n) is 4.55. The molecule has 0 radical (unpaired) electrons. The average molecular weight is 245 g/mol. The van der Waals surface area contributed by atoms with Crippen LogP contribution in [0.5, 0.6) is 0 Å². The van der Waals surface area contributed by atoms with Crippen molar-refractivity contribution >= 4 is 0 Å². The van der Waals surface area contributed by atoms with Gasteiger partial charge >= 0.3 is 0 Å². The van der Waals surface area contributed by atoms with E-state index in [1.807, 2.05) is 0 Å². The Labute approximate surface area is 110 Å². The summed E-state index contributed by atoms with van der Waals surface area (Å²) in [6.45, 7) is 0. The van der Waals surface area contributed by atoms with E-state index in [4.69, 9.17) is 10.5 Å². The topological polar surface area (TPSA) is 35.2 Å². The van der Waals surface area contributed by atoms with Gasteiger partial charge in [0, 0.05) is 12.0 Å². The van der Waals surface area contributed by atoms with E-state index in [-0.39, 0.29) is 0 Å². The summed E-state index contributed by atoms with van der Waals surface area (Å²) >= 11 is 0. The van der Waals surface area contributed by atoms with E-state index in [1.54, 1.807) is 0 Å². The van der Waals surface area contributed by atoms with E-state index >= 15 is 0 Å². The van der Waals surface area contributed by atoms with Crippen molar-refractivity contribution in [2.45, 2.75) is 56.8 Å². The molecular formula is C16H23NO. The van der Waals surface area contributed by atoms with Crippen LogP contribution in [0.4, 0.5) is 0 Å². The second-order valence-electron chi connectivity index (χ2n) is 5.82. The highest BCUT2D eigenvalue weighted by molar-refractivity contribution is 5.14. The van der Waals surface area contributed by atoms with Crippen molar-refractivity contribution < 1.29 is 4.74 Å². The fourth-order valence-electron chi connectivity index (χ4n) is 3.53. The van der Waals surface area contributed by atoms with Gasteiger partial charge in [-0.15, -0.1) is 0 Å². The van der Waals surface area contributed by atoms with E-state index in [0.717, 1.165) is 12.8 Å². The van der Waals surface area contributed by atoms with Gasteiger partial charge in [-0.25, -0.2) is 0 Å². The summed E-state index contributed by atoms with van der Waals surface area (Å²) in [6, 6.07) is 11.0. The smallest absolute Gasteiger partial charge is 0.0623 e. The van der Waals surface area contributed by atoms with Gasteiger partial charge in [-0.05, 0) is 44.1 Å². The Morgan fingerprint density at radius 1 is 1.22 bits per heavy atom. The van der Waals surface area contributed by atoms with E-state index in [0.29, 0.717) is 24.2 Å². The third-order valence-corrected chi connectivity index (χ3v) is 4.55. The first-order valence-electron chi connectivity index (χ1n) is 7.28. The lowest BCUT2D eigenvalue weighted by atomic mass is 9.82. The lowest BCUT2D eigenvalue weighted by molar-refractivity contribution is 0.0878. The van der Waals surface area contributed by atoms with Crippen molar-refractivity contribution in [2.24, 2.45) is 11.7 Å². The van der Waals surface area contributed by atoms with Crippen LogP contribution in [0.1, 0.15) is 37.7 Å². The van der Waals surface area contributed by atoms with Crippen molar-refractivity contribution in [3.8, 4) is 0 Å². The number of hydrogen-bond donors (Lipinski definition) is 1. The van der Waals surface area contributed by atoms with Gasteiger partial charge < -0.3 is 10.5 Å². The fourth-order valence-corrected chi connectivity index (χ4v) is 3.53. The molecule has 2 N–H and O–H groups in total. The van der Waals surface area contributed by atoms with Crippen LogP contribution in [-0.4, -0.2) is 18.2 Å². The van der Waals surface area contributed by atoms with E-state index in [9.17, 15) is 0 Å². The molecule has 98 valence electrons. The van der Waals surface area contributed by atoms with Crippen LogP contribution in [0, 0.1) is 5.92 Å². The standard InChI is InChI=1S/C16H23NO/c17-15(14-11-13-9-10-16(14)18-13)8-4-7-12-5-2-1-3-6-12/h1-3,5-6,13-16H,4,7-11,17H2. The normalized spacial score (nSPS) is 31.7. The molecule has 0 spiro atoms. The SMILES string of the molecule is NC(CCCc1ccccc1)C1CC2CCC1O2. The Morgan fingerprint density at radius 2 is 2.06 bits per heavy atom. The van der Waals surface area contributed by atoms with Gasteiger partial charge in [0.05, 0.1) is 12.2 Å². The third kappa shape index (κ3) is 2.60. The second-order valence-corrected chi connectivity index (χ2v) is 5.82. The molecule has 2 nitrogen and oxygen atoms in total. The first kappa shape index (κ1) is 12.2. The Kier molecular flexibility index (Phi) is 3.67. The Morgan fingerprint density at radius 3 is 2.72 bits per heavy atom. The maximum atomic E-state index is 6.35. The van der Waals surface area contributed by atoms with Gasteiger partial charge in [0.1, 0.15) is 0 Å². The molecule has 2 aliphatic rings. The van der Waals surface area contributed by atoms with Gasteiger partial charge in [-0.1, -0.05) is 30.3 Å². The number of fused-ring (bicyclic) bond motifs is 2. The van der Waals surface area contributed by atoms with Crippen molar-refractivity contribution in [1.82, 2.24) is 0 Å². The molecule has 2 aliphatic heterocycles. The number of rotatable bonds is 5. The van der Waals surface area contributed by atoms with Gasteiger partial charge in [-0.3, -0.25) is 0 Å². The molecule has 4 atom stereocenters. The summed E-state index contributed by atoms with van der Waals surface area (Å²) in [5.74, 6) is 0.625. The van der Waals surface area contributed by atoms with Gasteiger partial charge in [-0.2, -0.15) is 0 Å². The fraction of sp³-hybridized carbons (Fsp3) is 0.625. The maximum Gasteiger partial charge on any atom is 0.0623 e. The van der Waals surface area contributed by atoms with E-state index < -0.39 is 0 Å². The van der Waals surface area contributed by atoms with Crippen molar-refractivity contribution in [1.29, 1.82) is 0 Å². The Balaban J connectivity index is 1.43. The first-order chi connectivity index (χ1) is 8.83. The molecule has 1 aromatic carbocycles. The zero-order chi connectivity index (χ0) is 12.4. The number of hydrogen-bond acceptors (Lipinski definition) is 2. The molecule has 3 rings (SSSR count). The number of benzene rings is 1. The largest absolute Gasteiger partial charge is 0.375 e. The molecule has 4 unspecified atom stereocenters. The molecule has 2 fully saturated rings. The average Bonchev–Trinajstić information content (AvgIpc) is 3.02. The predicted octanol–water partition coefficient (Wildman–Crippen LogP) is 2.90. The van der Waals surface area contributed by atoms with Crippen LogP contribution in [-0.2, 0) is 11.2 Å². The summed E-state index contributed by atoms with van der Waals surface area (Å²) < 4.78 is 5.89. The maximum absolute atomic E-state index is 6.35. The monoisotopic (exact) mass is 245 g/mol. The number of ether oxygens (including phenoxy) is 1. The summed E-state index contributed by atoms with van der Waals surface area (Å²) in [5, 5.41) is 0. The predicted molar refractivity (Wildman–Crippen MR) is 73.4 cm³/mol. The van der Waals surface area contributed by atoms with Gasteiger partial charge in [0.2, 0.25) is 0 Å². The molecule has 0 saturated carbocycles. The molecule has 0 aliphatic carbocycles. The summed E-state index contributed by atoms with van der Waals surface area (Å²) in [4.78, 5) is 0. The summed E-state index contributed by atoms with van der Waals surface area (Å²) in [7, 11) is 0. The van der Waals surface area contributed by atoms with Crippen LogP contribution in [0.25, 0.3) is 0 Å². The van der Waals surface area contributed by atoms with Crippen molar-refractivity contribution in [3.05, 3.63) is 35.9 Å². The van der Waals surface area contributed by atoms with Crippen LogP contribution in [0.15, 0.2) is 30.3 Å².